The number of nitrogens with zero attached hydrogens (tertiary/aromatic N) is 1. The molecular formula is C10H21N3O2S. The summed E-state index contributed by atoms with van der Waals surface area (Å²) >= 11 is 0. The highest BCUT2D eigenvalue weighted by Gasteiger charge is 2.29. The quantitative estimate of drug-likeness (QED) is 0.655. The van der Waals surface area contributed by atoms with E-state index >= 15 is 0 Å². The highest BCUT2D eigenvalue weighted by atomic mass is 32.2. The van der Waals surface area contributed by atoms with Gasteiger partial charge < -0.3 is 10.2 Å². The van der Waals surface area contributed by atoms with Crippen molar-refractivity contribution in [2.24, 2.45) is 0 Å². The fraction of sp³-hybridized carbons (Fsp3) is 1.00. The van der Waals surface area contributed by atoms with Crippen LogP contribution in [0.25, 0.3) is 0 Å². The van der Waals surface area contributed by atoms with E-state index in [0.717, 1.165) is 19.5 Å². The van der Waals surface area contributed by atoms with Gasteiger partial charge in [-0.25, -0.2) is 13.1 Å². The smallest absolute Gasteiger partial charge is 0.215 e. The Labute approximate surface area is 97.6 Å². The van der Waals surface area contributed by atoms with E-state index in [2.05, 4.69) is 22.0 Å². The summed E-state index contributed by atoms with van der Waals surface area (Å²) in [7, 11) is -1.04. The monoisotopic (exact) mass is 247 g/mol. The summed E-state index contributed by atoms with van der Waals surface area (Å²) in [6.45, 7) is 2.75. The molecule has 1 saturated heterocycles. The maximum absolute atomic E-state index is 11.8. The van der Waals surface area contributed by atoms with Crippen molar-refractivity contribution in [2.45, 2.75) is 30.6 Å². The second-order valence-electron chi connectivity index (χ2n) is 4.77. The third-order valence-electron chi connectivity index (χ3n) is 3.39. The Balaban J connectivity index is 1.71. The molecule has 16 heavy (non-hydrogen) atoms. The number of hydrogen-bond donors (Lipinski definition) is 2. The Kier molecular flexibility index (Phi) is 3.84. The molecule has 1 aliphatic heterocycles. The fourth-order valence-corrected chi connectivity index (χ4v) is 3.45. The summed E-state index contributed by atoms with van der Waals surface area (Å²) in [6.07, 6.45) is 3.25. The molecule has 1 heterocycles. The van der Waals surface area contributed by atoms with Crippen LogP contribution in [0.5, 0.6) is 0 Å². The molecule has 0 aromatic heterocycles. The SMILES string of the molecule is CN(CCNS(=O)(=O)C1CCNC1)C1CC1. The molecule has 5 nitrogen and oxygen atoms in total. The first-order valence-electron chi connectivity index (χ1n) is 5.99. The Bertz CT molecular complexity index is 321. The summed E-state index contributed by atoms with van der Waals surface area (Å²) in [5.74, 6) is 0. The average molecular weight is 247 g/mol. The number of nitrogens with one attached hydrogen (secondary N) is 2. The number of sulfonamides is 1. The van der Waals surface area contributed by atoms with Crippen molar-refractivity contribution >= 4 is 10.0 Å². The Morgan fingerprint density at radius 3 is 2.69 bits per heavy atom. The van der Waals surface area contributed by atoms with E-state index in [9.17, 15) is 8.42 Å². The maximum atomic E-state index is 11.8. The van der Waals surface area contributed by atoms with E-state index in [1.165, 1.54) is 12.8 Å². The molecule has 94 valence electrons. The van der Waals surface area contributed by atoms with Gasteiger partial charge in [-0.15, -0.1) is 0 Å². The lowest BCUT2D eigenvalue weighted by molar-refractivity contribution is 0.329. The first-order valence-corrected chi connectivity index (χ1v) is 7.53. The highest BCUT2D eigenvalue weighted by molar-refractivity contribution is 7.90. The van der Waals surface area contributed by atoms with E-state index in [1.54, 1.807) is 0 Å². The van der Waals surface area contributed by atoms with Gasteiger partial charge in [-0.3, -0.25) is 0 Å². The van der Waals surface area contributed by atoms with Gasteiger partial charge in [-0.2, -0.15) is 0 Å². The molecule has 1 aliphatic carbocycles. The minimum absolute atomic E-state index is 0.237. The Morgan fingerprint density at radius 1 is 1.38 bits per heavy atom. The molecule has 2 fully saturated rings. The van der Waals surface area contributed by atoms with Crippen molar-refractivity contribution in [1.82, 2.24) is 14.9 Å². The lowest BCUT2D eigenvalue weighted by Crippen LogP contribution is -2.39. The maximum Gasteiger partial charge on any atom is 0.215 e. The molecule has 0 radical (unpaired) electrons. The zero-order chi connectivity index (χ0) is 11.6. The fourth-order valence-electron chi connectivity index (χ4n) is 2.07. The predicted octanol–water partition coefficient (Wildman–Crippen LogP) is -0.638. The summed E-state index contributed by atoms with van der Waals surface area (Å²) < 4.78 is 26.4. The standard InChI is InChI=1S/C10H21N3O2S/c1-13(9-2-3-9)7-6-12-16(14,15)10-4-5-11-8-10/h9-12H,2-8H2,1H3. The van der Waals surface area contributed by atoms with E-state index < -0.39 is 10.0 Å². The number of hydrogen-bond acceptors (Lipinski definition) is 4. The van der Waals surface area contributed by atoms with Crippen molar-refractivity contribution in [3.8, 4) is 0 Å². The first-order chi connectivity index (χ1) is 7.59. The minimum atomic E-state index is -3.10. The second kappa shape index (κ2) is 5.00. The largest absolute Gasteiger partial charge is 0.315 e. The Hall–Kier alpha value is -0.170. The molecule has 2 aliphatic rings. The summed E-state index contributed by atoms with van der Waals surface area (Å²) in [6, 6.07) is 0.692. The van der Waals surface area contributed by atoms with Crippen LogP contribution in [-0.4, -0.2) is 57.8 Å². The summed E-state index contributed by atoms with van der Waals surface area (Å²) in [5, 5.41) is 2.84. The summed E-state index contributed by atoms with van der Waals surface area (Å²) in [5.41, 5.74) is 0. The van der Waals surface area contributed by atoms with E-state index in [-0.39, 0.29) is 5.25 Å². The minimum Gasteiger partial charge on any atom is -0.315 e. The lowest BCUT2D eigenvalue weighted by Gasteiger charge is -2.17. The first kappa shape index (κ1) is 12.3. The topological polar surface area (TPSA) is 61.4 Å². The van der Waals surface area contributed by atoms with Gasteiger partial charge in [0.1, 0.15) is 0 Å². The molecule has 0 aromatic rings. The number of rotatable bonds is 6. The van der Waals surface area contributed by atoms with Gasteiger partial charge in [-0.1, -0.05) is 0 Å². The molecule has 6 heteroatoms. The van der Waals surface area contributed by atoms with Crippen molar-refractivity contribution < 1.29 is 8.42 Å². The molecular weight excluding hydrogens is 226 g/mol. The van der Waals surface area contributed by atoms with Crippen LogP contribution in [0, 0.1) is 0 Å². The van der Waals surface area contributed by atoms with Crippen LogP contribution in [-0.2, 0) is 10.0 Å². The van der Waals surface area contributed by atoms with Gasteiger partial charge in [0, 0.05) is 25.7 Å². The van der Waals surface area contributed by atoms with Gasteiger partial charge in [-0.05, 0) is 32.9 Å². The van der Waals surface area contributed by atoms with Crippen molar-refractivity contribution in [3.63, 3.8) is 0 Å². The van der Waals surface area contributed by atoms with Crippen LogP contribution in [0.4, 0.5) is 0 Å². The number of likely N-dealkylation sites (N-methyl/N-ethyl adjacent to an activating group) is 1. The zero-order valence-corrected chi connectivity index (χ0v) is 10.6. The predicted molar refractivity (Wildman–Crippen MR) is 63.8 cm³/mol. The molecule has 0 amide bonds. The van der Waals surface area contributed by atoms with Crippen LogP contribution in [0.2, 0.25) is 0 Å². The van der Waals surface area contributed by atoms with Crippen LogP contribution in [0.3, 0.4) is 0 Å². The molecule has 1 saturated carbocycles. The van der Waals surface area contributed by atoms with Gasteiger partial charge in [0.2, 0.25) is 10.0 Å². The molecule has 2 rings (SSSR count). The van der Waals surface area contributed by atoms with E-state index in [1.807, 2.05) is 0 Å². The molecule has 0 spiro atoms. The van der Waals surface area contributed by atoms with Crippen molar-refractivity contribution in [1.29, 1.82) is 0 Å². The lowest BCUT2D eigenvalue weighted by atomic mass is 10.4. The molecule has 0 aromatic carbocycles. The van der Waals surface area contributed by atoms with Gasteiger partial charge in [0.15, 0.2) is 0 Å². The van der Waals surface area contributed by atoms with E-state index in [0.29, 0.717) is 19.1 Å². The zero-order valence-electron chi connectivity index (χ0n) is 9.78. The summed E-state index contributed by atoms with van der Waals surface area (Å²) in [4.78, 5) is 2.23. The van der Waals surface area contributed by atoms with Crippen LogP contribution in [0.15, 0.2) is 0 Å². The van der Waals surface area contributed by atoms with Crippen molar-refractivity contribution in [2.75, 3.05) is 33.2 Å². The van der Waals surface area contributed by atoms with Crippen molar-refractivity contribution in [3.05, 3.63) is 0 Å². The van der Waals surface area contributed by atoms with Crippen LogP contribution in [0.1, 0.15) is 19.3 Å². The molecule has 0 bridgehead atoms. The highest BCUT2D eigenvalue weighted by Crippen LogP contribution is 2.24. The van der Waals surface area contributed by atoms with Gasteiger partial charge in [0.05, 0.1) is 5.25 Å². The van der Waals surface area contributed by atoms with Crippen LogP contribution < -0.4 is 10.0 Å². The molecule has 1 unspecified atom stereocenters. The van der Waals surface area contributed by atoms with E-state index in [4.69, 9.17) is 0 Å². The molecule has 1 atom stereocenters. The normalized spacial score (nSPS) is 26.5. The second-order valence-corrected chi connectivity index (χ2v) is 6.81. The Morgan fingerprint density at radius 2 is 2.12 bits per heavy atom. The third-order valence-corrected chi connectivity index (χ3v) is 5.28. The van der Waals surface area contributed by atoms with Gasteiger partial charge in [0.25, 0.3) is 0 Å². The molecule has 2 N–H and O–H groups in total. The van der Waals surface area contributed by atoms with Crippen LogP contribution >= 0.6 is 0 Å². The average Bonchev–Trinajstić information content (AvgIpc) is 2.92. The third kappa shape index (κ3) is 3.16. The van der Waals surface area contributed by atoms with Gasteiger partial charge >= 0.3 is 0 Å².